The highest BCUT2D eigenvalue weighted by Gasteiger charge is 2.10. The molecule has 0 aliphatic carbocycles. The number of aromatic nitrogens is 1. The number of pyridine rings is 1. The molecule has 5 heteroatoms. The summed E-state index contributed by atoms with van der Waals surface area (Å²) in [5.74, 6) is -0.798. The maximum atomic E-state index is 13.5. The van der Waals surface area contributed by atoms with Crippen LogP contribution in [0.4, 0.5) is 14.5 Å². The van der Waals surface area contributed by atoms with E-state index in [-0.39, 0.29) is 6.04 Å². The number of rotatable bonds is 3. The summed E-state index contributed by atoms with van der Waals surface area (Å²) in [4.78, 5) is 3.93. The van der Waals surface area contributed by atoms with Crippen LogP contribution in [0.1, 0.15) is 18.7 Å². The molecule has 0 amide bonds. The smallest absolute Gasteiger partial charge is 0.146 e. The fourth-order valence-electron chi connectivity index (χ4n) is 1.56. The fourth-order valence-corrected chi connectivity index (χ4v) is 1.73. The number of benzene rings is 1. The molecule has 18 heavy (non-hydrogen) atoms. The number of nitrogens with zero attached hydrogens (tertiary/aromatic N) is 1. The molecule has 2 rings (SSSR count). The van der Waals surface area contributed by atoms with E-state index < -0.39 is 11.6 Å². The molecule has 0 spiro atoms. The van der Waals surface area contributed by atoms with Crippen molar-refractivity contribution in [3.63, 3.8) is 0 Å². The first-order valence-electron chi connectivity index (χ1n) is 5.39. The number of nitrogens with one attached hydrogen (secondary N) is 1. The molecule has 0 saturated carbocycles. The summed E-state index contributed by atoms with van der Waals surface area (Å²) < 4.78 is 26.2. The van der Waals surface area contributed by atoms with Gasteiger partial charge in [0.15, 0.2) is 0 Å². The second-order valence-corrected chi connectivity index (χ2v) is 4.33. The molecule has 2 nitrogen and oxygen atoms in total. The molecule has 1 unspecified atom stereocenters. The largest absolute Gasteiger partial charge is 0.375 e. The van der Waals surface area contributed by atoms with Gasteiger partial charge >= 0.3 is 0 Å². The van der Waals surface area contributed by atoms with E-state index in [4.69, 9.17) is 11.6 Å². The molecule has 0 saturated heterocycles. The Morgan fingerprint density at radius 3 is 2.67 bits per heavy atom. The summed E-state index contributed by atoms with van der Waals surface area (Å²) in [5, 5.41) is 3.39. The van der Waals surface area contributed by atoms with E-state index in [0.29, 0.717) is 16.4 Å². The number of halogens is 3. The normalized spacial score (nSPS) is 12.2. The average Bonchev–Trinajstić information content (AvgIpc) is 2.34. The van der Waals surface area contributed by atoms with Crippen molar-refractivity contribution in [1.29, 1.82) is 0 Å². The van der Waals surface area contributed by atoms with Crippen molar-refractivity contribution >= 4 is 17.3 Å². The molecule has 0 radical (unpaired) electrons. The highest BCUT2D eigenvalue weighted by atomic mass is 35.5. The van der Waals surface area contributed by atoms with Gasteiger partial charge in [0.05, 0.1) is 23.6 Å². The van der Waals surface area contributed by atoms with Crippen molar-refractivity contribution < 1.29 is 8.78 Å². The summed E-state index contributed by atoms with van der Waals surface area (Å²) in [6, 6.07) is 6.87. The van der Waals surface area contributed by atoms with Gasteiger partial charge < -0.3 is 5.32 Å². The minimum Gasteiger partial charge on any atom is -0.375 e. The van der Waals surface area contributed by atoms with Gasteiger partial charge in [-0.2, -0.15) is 0 Å². The third kappa shape index (κ3) is 2.96. The quantitative estimate of drug-likeness (QED) is 0.903. The molecule has 0 bridgehead atoms. The highest BCUT2D eigenvalue weighted by molar-refractivity contribution is 6.30. The van der Waals surface area contributed by atoms with Crippen molar-refractivity contribution in [2.75, 3.05) is 5.32 Å². The zero-order chi connectivity index (χ0) is 13.1. The van der Waals surface area contributed by atoms with E-state index in [1.807, 2.05) is 0 Å². The summed E-state index contributed by atoms with van der Waals surface area (Å²) in [6.45, 7) is 1.81. The van der Waals surface area contributed by atoms with Gasteiger partial charge in [-0.05, 0) is 37.3 Å². The summed E-state index contributed by atoms with van der Waals surface area (Å²) in [7, 11) is 0. The van der Waals surface area contributed by atoms with Crippen LogP contribution in [0.25, 0.3) is 0 Å². The third-order valence-electron chi connectivity index (χ3n) is 2.49. The Balaban J connectivity index is 2.18. The highest BCUT2D eigenvalue weighted by Crippen LogP contribution is 2.23. The van der Waals surface area contributed by atoms with Crippen LogP contribution in [0, 0.1) is 11.6 Å². The van der Waals surface area contributed by atoms with Crippen molar-refractivity contribution in [1.82, 2.24) is 4.98 Å². The zero-order valence-electron chi connectivity index (χ0n) is 9.62. The van der Waals surface area contributed by atoms with Crippen LogP contribution in [0.2, 0.25) is 5.02 Å². The first kappa shape index (κ1) is 12.8. The van der Waals surface area contributed by atoms with Crippen molar-refractivity contribution in [3.05, 3.63) is 58.9 Å². The third-order valence-corrected chi connectivity index (χ3v) is 2.73. The summed E-state index contributed by atoms with van der Waals surface area (Å²) in [6.07, 6.45) is 1.13. The van der Waals surface area contributed by atoms with Crippen LogP contribution in [-0.4, -0.2) is 4.98 Å². The average molecular weight is 269 g/mol. The lowest BCUT2D eigenvalue weighted by atomic mass is 10.2. The topological polar surface area (TPSA) is 24.9 Å². The van der Waals surface area contributed by atoms with Crippen LogP contribution in [-0.2, 0) is 0 Å². The molecule has 94 valence electrons. The van der Waals surface area contributed by atoms with Gasteiger partial charge in [-0.1, -0.05) is 11.6 Å². The number of hydrogen-bond acceptors (Lipinski definition) is 2. The van der Waals surface area contributed by atoms with Gasteiger partial charge in [-0.25, -0.2) is 8.78 Å². The molecule has 2 aromatic rings. The van der Waals surface area contributed by atoms with Crippen molar-refractivity contribution in [2.45, 2.75) is 13.0 Å². The van der Waals surface area contributed by atoms with Gasteiger partial charge in [-0.15, -0.1) is 0 Å². The van der Waals surface area contributed by atoms with Crippen molar-refractivity contribution in [2.24, 2.45) is 0 Å². The van der Waals surface area contributed by atoms with Crippen LogP contribution < -0.4 is 5.32 Å². The molecule has 0 aliphatic heterocycles. The predicted molar refractivity (Wildman–Crippen MR) is 67.6 cm³/mol. The molecule has 1 heterocycles. The SMILES string of the molecule is CC(Nc1cc(Cl)ccc1F)c1ccc(F)cn1. The number of hydrogen-bond donors (Lipinski definition) is 1. The molecular weight excluding hydrogens is 258 g/mol. The second kappa shape index (κ2) is 5.31. The zero-order valence-corrected chi connectivity index (χ0v) is 10.4. The lowest BCUT2D eigenvalue weighted by Gasteiger charge is -2.15. The standard InChI is InChI=1S/C13H11ClF2N2/c1-8(12-5-3-10(15)7-17-12)18-13-6-9(14)2-4-11(13)16/h2-8,18H,1H3. The molecular formula is C13H11ClF2N2. The Morgan fingerprint density at radius 1 is 1.22 bits per heavy atom. The van der Waals surface area contributed by atoms with Gasteiger partial charge in [0.25, 0.3) is 0 Å². The van der Waals surface area contributed by atoms with Crippen LogP contribution in [0.5, 0.6) is 0 Å². The van der Waals surface area contributed by atoms with Gasteiger partial charge in [-0.3, -0.25) is 4.98 Å². The maximum absolute atomic E-state index is 13.5. The lowest BCUT2D eigenvalue weighted by Crippen LogP contribution is -2.09. The van der Waals surface area contributed by atoms with E-state index in [1.165, 1.54) is 24.3 Å². The molecule has 1 atom stereocenters. The molecule has 1 aromatic carbocycles. The Morgan fingerprint density at radius 2 is 2.00 bits per heavy atom. The number of anilines is 1. The van der Waals surface area contributed by atoms with Crippen LogP contribution >= 0.6 is 11.6 Å². The van der Waals surface area contributed by atoms with Crippen LogP contribution in [0.3, 0.4) is 0 Å². The van der Waals surface area contributed by atoms with Crippen LogP contribution in [0.15, 0.2) is 36.5 Å². The second-order valence-electron chi connectivity index (χ2n) is 3.89. The lowest BCUT2D eigenvalue weighted by molar-refractivity contribution is 0.615. The van der Waals surface area contributed by atoms with E-state index in [2.05, 4.69) is 10.3 Å². The first-order chi connectivity index (χ1) is 8.56. The van der Waals surface area contributed by atoms with E-state index in [1.54, 1.807) is 13.0 Å². The minimum atomic E-state index is -0.403. The Labute approximate surface area is 109 Å². The van der Waals surface area contributed by atoms with Gasteiger partial charge in [0, 0.05) is 5.02 Å². The van der Waals surface area contributed by atoms with E-state index in [9.17, 15) is 8.78 Å². The molecule has 0 aliphatic rings. The Bertz CT molecular complexity index is 543. The molecule has 0 fully saturated rings. The summed E-state index contributed by atoms with van der Waals surface area (Å²) >= 11 is 5.80. The van der Waals surface area contributed by atoms with Crippen molar-refractivity contribution in [3.8, 4) is 0 Å². The van der Waals surface area contributed by atoms with E-state index in [0.717, 1.165) is 6.20 Å². The summed E-state index contributed by atoms with van der Waals surface area (Å²) in [5.41, 5.74) is 0.914. The van der Waals surface area contributed by atoms with E-state index >= 15 is 0 Å². The van der Waals surface area contributed by atoms with Gasteiger partial charge in [0.2, 0.25) is 0 Å². The molecule has 1 N–H and O–H groups in total. The first-order valence-corrected chi connectivity index (χ1v) is 5.77. The van der Waals surface area contributed by atoms with Gasteiger partial charge in [0.1, 0.15) is 11.6 Å². The predicted octanol–water partition coefficient (Wildman–Crippen LogP) is 4.19. The minimum absolute atomic E-state index is 0.251. The Hall–Kier alpha value is -1.68. The molecule has 1 aromatic heterocycles. The fraction of sp³-hybridized carbons (Fsp3) is 0.154. The Kier molecular flexibility index (Phi) is 3.77. The monoisotopic (exact) mass is 268 g/mol. The maximum Gasteiger partial charge on any atom is 0.146 e.